The minimum Gasteiger partial charge on any atom is -0.508 e. The lowest BCUT2D eigenvalue weighted by Gasteiger charge is -2.21. The Bertz CT molecular complexity index is 598. The molecule has 0 aromatic heterocycles. The molecule has 0 amide bonds. The summed E-state index contributed by atoms with van der Waals surface area (Å²) in [5, 5.41) is 13.9. The van der Waals surface area contributed by atoms with E-state index in [9.17, 15) is 5.11 Å². The Hall–Kier alpha value is -1.51. The molecule has 132 valence electrons. The molecule has 0 spiro atoms. The van der Waals surface area contributed by atoms with E-state index >= 15 is 0 Å². The van der Waals surface area contributed by atoms with Crippen LogP contribution < -0.4 is 5.32 Å². The first-order chi connectivity index (χ1) is 11.1. The zero-order valence-corrected chi connectivity index (χ0v) is 15.8. The third-order valence-electron chi connectivity index (χ3n) is 4.19. The molecular weight excluding hydrogens is 318 g/mol. The molecule has 24 heavy (non-hydrogen) atoms. The second kappa shape index (κ2) is 10.4. The van der Waals surface area contributed by atoms with Gasteiger partial charge in [-0.15, -0.1) is 12.4 Å². The maximum Gasteiger partial charge on any atom is 0.119 e. The Morgan fingerprint density at radius 2 is 1.75 bits per heavy atom. The van der Waals surface area contributed by atoms with E-state index in [1.807, 2.05) is 18.2 Å². The number of phenolic OH excluding ortho intramolecular Hbond substituents is 1. The predicted molar refractivity (Wildman–Crippen MR) is 105 cm³/mol. The molecule has 2 nitrogen and oxygen atoms in total. The van der Waals surface area contributed by atoms with E-state index in [0.29, 0.717) is 11.8 Å². The Kier molecular flexibility index (Phi) is 8.88. The van der Waals surface area contributed by atoms with Crippen LogP contribution in [-0.4, -0.2) is 17.7 Å². The second-order valence-electron chi connectivity index (χ2n) is 6.50. The minimum atomic E-state index is 0. The largest absolute Gasteiger partial charge is 0.508 e. The maximum atomic E-state index is 10.4. The van der Waals surface area contributed by atoms with Crippen molar-refractivity contribution in [2.45, 2.75) is 52.0 Å². The van der Waals surface area contributed by atoms with Gasteiger partial charge in [0.05, 0.1) is 0 Å². The van der Waals surface area contributed by atoms with E-state index < -0.39 is 0 Å². The lowest BCUT2D eigenvalue weighted by Crippen LogP contribution is -2.25. The van der Waals surface area contributed by atoms with Crippen molar-refractivity contribution in [3.05, 3.63) is 65.2 Å². The van der Waals surface area contributed by atoms with Crippen LogP contribution in [0.5, 0.6) is 5.75 Å². The molecule has 3 heteroatoms. The van der Waals surface area contributed by atoms with Crippen molar-refractivity contribution in [1.82, 2.24) is 5.32 Å². The summed E-state index contributed by atoms with van der Waals surface area (Å²) in [5.74, 6) is 0.627. The lowest BCUT2D eigenvalue weighted by atomic mass is 9.86. The summed E-state index contributed by atoms with van der Waals surface area (Å²) >= 11 is 0. The SMILES string of the molecule is CCCc1ccc(O)c(C(CCNC(C)C)c2ccccc2)c1.Cl. The maximum absolute atomic E-state index is 10.4. The number of hydrogen-bond donors (Lipinski definition) is 2. The quantitative estimate of drug-likeness (QED) is 0.680. The summed E-state index contributed by atoms with van der Waals surface area (Å²) in [6.07, 6.45) is 3.15. The molecular formula is C21H30ClNO. The van der Waals surface area contributed by atoms with Gasteiger partial charge in [-0.3, -0.25) is 0 Å². The predicted octanol–water partition coefficient (Wildman–Crippen LogP) is 5.29. The van der Waals surface area contributed by atoms with E-state index in [2.05, 4.69) is 56.4 Å². The smallest absolute Gasteiger partial charge is 0.119 e. The Labute approximate surface area is 152 Å². The molecule has 1 atom stereocenters. The van der Waals surface area contributed by atoms with Gasteiger partial charge in [0.15, 0.2) is 0 Å². The molecule has 0 saturated heterocycles. The monoisotopic (exact) mass is 347 g/mol. The second-order valence-corrected chi connectivity index (χ2v) is 6.50. The average Bonchev–Trinajstić information content (AvgIpc) is 2.55. The molecule has 2 rings (SSSR count). The van der Waals surface area contributed by atoms with Gasteiger partial charge < -0.3 is 10.4 Å². The van der Waals surface area contributed by atoms with Crippen LogP contribution in [0.25, 0.3) is 0 Å². The molecule has 0 fully saturated rings. The summed E-state index contributed by atoms with van der Waals surface area (Å²) < 4.78 is 0. The van der Waals surface area contributed by atoms with Crippen molar-refractivity contribution in [3.63, 3.8) is 0 Å². The molecule has 2 N–H and O–H groups in total. The molecule has 1 unspecified atom stereocenters. The van der Waals surface area contributed by atoms with Crippen molar-refractivity contribution in [2.75, 3.05) is 6.54 Å². The molecule has 0 bridgehead atoms. The van der Waals surface area contributed by atoms with Gasteiger partial charge in [0.1, 0.15) is 5.75 Å². The van der Waals surface area contributed by atoms with Crippen LogP contribution in [0.15, 0.2) is 48.5 Å². The van der Waals surface area contributed by atoms with Gasteiger partial charge in [0.25, 0.3) is 0 Å². The lowest BCUT2D eigenvalue weighted by molar-refractivity contribution is 0.459. The number of aryl methyl sites for hydroxylation is 1. The van der Waals surface area contributed by atoms with Crippen LogP contribution in [0.4, 0.5) is 0 Å². The fourth-order valence-electron chi connectivity index (χ4n) is 3.03. The van der Waals surface area contributed by atoms with Crippen LogP contribution in [-0.2, 0) is 6.42 Å². The molecule has 0 aliphatic heterocycles. The highest BCUT2D eigenvalue weighted by atomic mass is 35.5. The number of nitrogens with one attached hydrogen (secondary N) is 1. The number of benzene rings is 2. The van der Waals surface area contributed by atoms with Crippen LogP contribution in [0.3, 0.4) is 0 Å². The van der Waals surface area contributed by atoms with E-state index in [0.717, 1.165) is 31.4 Å². The highest BCUT2D eigenvalue weighted by molar-refractivity contribution is 5.85. The molecule has 0 saturated carbocycles. The molecule has 0 radical (unpaired) electrons. The molecule has 0 aliphatic rings. The van der Waals surface area contributed by atoms with Crippen LogP contribution in [0, 0.1) is 0 Å². The van der Waals surface area contributed by atoms with Crippen molar-refractivity contribution in [3.8, 4) is 5.75 Å². The van der Waals surface area contributed by atoms with E-state index in [-0.39, 0.29) is 18.3 Å². The first kappa shape index (κ1) is 20.5. The zero-order valence-electron chi connectivity index (χ0n) is 15.0. The third kappa shape index (κ3) is 5.85. The summed E-state index contributed by atoms with van der Waals surface area (Å²) in [6, 6.07) is 17.1. The Balaban J connectivity index is 0.00000288. The minimum absolute atomic E-state index is 0. The van der Waals surface area contributed by atoms with Gasteiger partial charge in [0, 0.05) is 17.5 Å². The van der Waals surface area contributed by atoms with Gasteiger partial charge in [0.2, 0.25) is 0 Å². The van der Waals surface area contributed by atoms with E-state index in [1.54, 1.807) is 0 Å². The summed E-state index contributed by atoms with van der Waals surface area (Å²) in [7, 11) is 0. The summed E-state index contributed by atoms with van der Waals surface area (Å²) in [4.78, 5) is 0. The van der Waals surface area contributed by atoms with Crippen molar-refractivity contribution in [2.24, 2.45) is 0 Å². The van der Waals surface area contributed by atoms with Gasteiger partial charge >= 0.3 is 0 Å². The highest BCUT2D eigenvalue weighted by Crippen LogP contribution is 2.34. The highest BCUT2D eigenvalue weighted by Gasteiger charge is 2.18. The fourth-order valence-corrected chi connectivity index (χ4v) is 3.03. The van der Waals surface area contributed by atoms with Crippen molar-refractivity contribution < 1.29 is 5.11 Å². The third-order valence-corrected chi connectivity index (χ3v) is 4.19. The number of phenols is 1. The average molecular weight is 348 g/mol. The normalized spacial score (nSPS) is 12.0. The topological polar surface area (TPSA) is 32.3 Å². The van der Waals surface area contributed by atoms with Crippen LogP contribution in [0.1, 0.15) is 56.2 Å². The Morgan fingerprint density at radius 1 is 1.04 bits per heavy atom. The summed E-state index contributed by atoms with van der Waals surface area (Å²) in [5.41, 5.74) is 3.62. The van der Waals surface area contributed by atoms with Crippen LogP contribution >= 0.6 is 12.4 Å². The summed E-state index contributed by atoms with van der Waals surface area (Å²) in [6.45, 7) is 7.45. The number of halogens is 1. The van der Waals surface area contributed by atoms with Gasteiger partial charge in [-0.2, -0.15) is 0 Å². The number of aromatic hydroxyl groups is 1. The van der Waals surface area contributed by atoms with Gasteiger partial charge in [-0.1, -0.05) is 69.7 Å². The molecule has 2 aromatic rings. The first-order valence-corrected chi connectivity index (χ1v) is 8.72. The molecule has 0 aliphatic carbocycles. The first-order valence-electron chi connectivity index (χ1n) is 8.72. The molecule has 0 heterocycles. The standard InChI is InChI=1S/C21H29NO.ClH/c1-4-8-17-11-12-21(23)20(15-17)19(13-14-22-16(2)3)18-9-6-5-7-10-18;/h5-7,9-12,15-16,19,22-23H,4,8,13-14H2,1-3H3;1H. The number of hydrogen-bond acceptors (Lipinski definition) is 2. The fraction of sp³-hybridized carbons (Fsp3) is 0.429. The van der Waals surface area contributed by atoms with Gasteiger partial charge in [-0.25, -0.2) is 0 Å². The van der Waals surface area contributed by atoms with Crippen molar-refractivity contribution >= 4 is 12.4 Å². The van der Waals surface area contributed by atoms with E-state index in [4.69, 9.17) is 0 Å². The Morgan fingerprint density at radius 3 is 2.38 bits per heavy atom. The number of rotatable bonds is 8. The van der Waals surface area contributed by atoms with E-state index in [1.165, 1.54) is 11.1 Å². The van der Waals surface area contributed by atoms with Crippen LogP contribution in [0.2, 0.25) is 0 Å². The zero-order chi connectivity index (χ0) is 16.7. The molecule has 2 aromatic carbocycles. The van der Waals surface area contributed by atoms with Gasteiger partial charge in [-0.05, 0) is 36.6 Å². The van der Waals surface area contributed by atoms with Crippen molar-refractivity contribution in [1.29, 1.82) is 0 Å².